The summed E-state index contributed by atoms with van der Waals surface area (Å²) in [5, 5.41) is 0. The van der Waals surface area contributed by atoms with Gasteiger partial charge in [0.2, 0.25) is 5.91 Å². The van der Waals surface area contributed by atoms with E-state index in [1.165, 1.54) is 18.4 Å². The predicted molar refractivity (Wildman–Crippen MR) is 96.0 cm³/mol. The number of aromatic nitrogens is 1. The molecule has 0 N–H and O–H groups in total. The molecule has 7 heteroatoms. The number of carbonyl (C=O) groups excluding carboxylic acids is 3. The number of nitrogens with zero attached hydrogens (tertiary/aromatic N) is 4. The third-order valence-electron chi connectivity index (χ3n) is 5.48. The molecular weight excluding hydrogens is 332 g/mol. The first-order chi connectivity index (χ1) is 12.5. The first-order valence-electron chi connectivity index (χ1n) is 9.21. The average molecular weight is 358 g/mol. The van der Waals surface area contributed by atoms with Crippen LogP contribution in [0.4, 0.5) is 4.79 Å². The van der Waals surface area contributed by atoms with Crippen molar-refractivity contribution >= 4 is 17.8 Å². The Kier molecular flexibility index (Phi) is 5.54. The first-order valence-corrected chi connectivity index (χ1v) is 9.21. The third kappa shape index (κ3) is 3.71. The van der Waals surface area contributed by atoms with E-state index in [-0.39, 0.29) is 30.3 Å². The number of rotatable bonds is 5. The van der Waals surface area contributed by atoms with E-state index < -0.39 is 6.04 Å². The van der Waals surface area contributed by atoms with E-state index >= 15 is 0 Å². The number of likely N-dealkylation sites (N-methyl/N-ethyl adjacent to an activating group) is 2. The highest BCUT2D eigenvalue weighted by atomic mass is 16.2. The summed E-state index contributed by atoms with van der Waals surface area (Å²) in [7, 11) is 3.04. The summed E-state index contributed by atoms with van der Waals surface area (Å²) in [6, 6.07) is 2.95. The van der Waals surface area contributed by atoms with E-state index in [2.05, 4.69) is 4.98 Å². The van der Waals surface area contributed by atoms with Crippen molar-refractivity contribution in [1.29, 1.82) is 0 Å². The lowest BCUT2D eigenvalue weighted by Gasteiger charge is -2.35. The van der Waals surface area contributed by atoms with Crippen LogP contribution in [0.1, 0.15) is 44.1 Å². The molecule has 2 aliphatic rings. The Bertz CT molecular complexity index is 673. The Balaban J connectivity index is 1.76. The molecule has 0 spiro atoms. The van der Waals surface area contributed by atoms with Gasteiger partial charge in [-0.25, -0.2) is 4.79 Å². The average Bonchev–Trinajstić information content (AvgIpc) is 2.85. The number of hydrogen-bond acceptors (Lipinski definition) is 4. The Morgan fingerprint density at radius 3 is 2.38 bits per heavy atom. The van der Waals surface area contributed by atoms with Crippen molar-refractivity contribution in [3.05, 3.63) is 30.1 Å². The maximum absolute atomic E-state index is 13.1. The molecule has 3 rings (SSSR count). The molecule has 1 aliphatic heterocycles. The van der Waals surface area contributed by atoms with Crippen molar-refractivity contribution in [2.75, 3.05) is 14.1 Å². The fourth-order valence-electron chi connectivity index (χ4n) is 3.86. The van der Waals surface area contributed by atoms with Crippen LogP contribution in [0, 0.1) is 0 Å². The summed E-state index contributed by atoms with van der Waals surface area (Å²) < 4.78 is 0. The largest absolute Gasteiger partial charge is 0.335 e. The van der Waals surface area contributed by atoms with Crippen LogP contribution in [0.15, 0.2) is 24.5 Å². The number of amides is 4. The Morgan fingerprint density at radius 1 is 1.15 bits per heavy atom. The summed E-state index contributed by atoms with van der Waals surface area (Å²) in [5.74, 6) is -0.375. The van der Waals surface area contributed by atoms with E-state index in [1.807, 2.05) is 17.0 Å². The summed E-state index contributed by atoms with van der Waals surface area (Å²) in [4.78, 5) is 45.8. The second-order valence-electron chi connectivity index (χ2n) is 7.18. The molecule has 1 atom stereocenters. The van der Waals surface area contributed by atoms with Gasteiger partial charge in [0.1, 0.15) is 6.04 Å². The predicted octanol–water partition coefficient (Wildman–Crippen LogP) is 2.03. The van der Waals surface area contributed by atoms with Crippen molar-refractivity contribution in [3.63, 3.8) is 0 Å². The Morgan fingerprint density at radius 2 is 1.81 bits per heavy atom. The van der Waals surface area contributed by atoms with Crippen LogP contribution in [0.5, 0.6) is 0 Å². The molecule has 2 fully saturated rings. The van der Waals surface area contributed by atoms with Gasteiger partial charge in [-0.2, -0.15) is 0 Å². The van der Waals surface area contributed by atoms with Crippen LogP contribution < -0.4 is 0 Å². The van der Waals surface area contributed by atoms with E-state index in [4.69, 9.17) is 0 Å². The first kappa shape index (κ1) is 18.4. The zero-order valence-electron chi connectivity index (χ0n) is 15.4. The zero-order valence-corrected chi connectivity index (χ0v) is 15.4. The van der Waals surface area contributed by atoms with E-state index in [9.17, 15) is 14.4 Å². The van der Waals surface area contributed by atoms with Gasteiger partial charge in [0.25, 0.3) is 5.91 Å². The fourth-order valence-corrected chi connectivity index (χ4v) is 3.86. The lowest BCUT2D eigenvalue weighted by Crippen LogP contribution is -2.44. The molecule has 26 heavy (non-hydrogen) atoms. The molecule has 0 aromatic carbocycles. The number of hydrogen-bond donors (Lipinski definition) is 0. The molecule has 0 radical (unpaired) electrons. The standard InChI is InChI=1S/C19H26N4O3/c1-21-16(18(25)22(2)19(21)26)12-17(24)23(15-6-4-3-5-7-15)13-14-8-10-20-11-9-14/h8-11,15-16H,3-7,12-13H2,1-2H3/t16-/m0/s1. The van der Waals surface area contributed by atoms with Gasteiger partial charge in [-0.1, -0.05) is 19.3 Å². The monoisotopic (exact) mass is 358 g/mol. The second kappa shape index (κ2) is 7.85. The SMILES string of the molecule is CN1C(=O)[C@H](CC(=O)N(Cc2ccncc2)C2CCCCC2)N(C)C1=O. The maximum Gasteiger partial charge on any atom is 0.326 e. The minimum Gasteiger partial charge on any atom is -0.335 e. The summed E-state index contributed by atoms with van der Waals surface area (Å²) in [6.45, 7) is 0.514. The quantitative estimate of drug-likeness (QED) is 0.755. The molecule has 7 nitrogen and oxygen atoms in total. The van der Waals surface area contributed by atoms with Crippen LogP contribution in [-0.4, -0.2) is 63.7 Å². The van der Waals surface area contributed by atoms with Crippen molar-refractivity contribution in [3.8, 4) is 0 Å². The fraction of sp³-hybridized carbons (Fsp3) is 0.579. The lowest BCUT2D eigenvalue weighted by molar-refractivity contribution is -0.139. The van der Waals surface area contributed by atoms with Gasteiger partial charge in [-0.3, -0.25) is 19.5 Å². The normalized spacial score (nSPS) is 21.4. The van der Waals surface area contributed by atoms with Gasteiger partial charge < -0.3 is 9.80 Å². The molecule has 4 amide bonds. The van der Waals surface area contributed by atoms with Crippen LogP contribution in [0.3, 0.4) is 0 Å². The topological polar surface area (TPSA) is 73.8 Å². The molecule has 1 aromatic heterocycles. The molecule has 1 aromatic rings. The number of urea groups is 1. The number of imide groups is 1. The summed E-state index contributed by atoms with van der Waals surface area (Å²) in [5.41, 5.74) is 1.03. The van der Waals surface area contributed by atoms with Gasteiger partial charge in [0.05, 0.1) is 6.42 Å². The minimum atomic E-state index is -0.705. The molecular formula is C19H26N4O3. The Labute approximate surface area is 154 Å². The van der Waals surface area contributed by atoms with Crippen molar-refractivity contribution < 1.29 is 14.4 Å². The van der Waals surface area contributed by atoms with Crippen molar-refractivity contribution in [2.45, 2.75) is 57.2 Å². The second-order valence-corrected chi connectivity index (χ2v) is 7.18. The van der Waals surface area contributed by atoms with E-state index in [0.29, 0.717) is 6.54 Å². The number of pyridine rings is 1. The minimum absolute atomic E-state index is 0.0347. The zero-order chi connectivity index (χ0) is 18.7. The Hall–Kier alpha value is -2.44. The van der Waals surface area contributed by atoms with Crippen molar-refractivity contribution in [2.24, 2.45) is 0 Å². The van der Waals surface area contributed by atoms with Gasteiger partial charge >= 0.3 is 6.03 Å². The number of carbonyl (C=O) groups is 3. The molecule has 0 bridgehead atoms. The third-order valence-corrected chi connectivity index (χ3v) is 5.48. The molecule has 1 saturated heterocycles. The van der Waals surface area contributed by atoms with Gasteiger partial charge in [-0.05, 0) is 30.5 Å². The highest BCUT2D eigenvalue weighted by Gasteiger charge is 2.42. The molecule has 140 valence electrons. The van der Waals surface area contributed by atoms with Crippen LogP contribution >= 0.6 is 0 Å². The summed E-state index contributed by atoms with van der Waals surface area (Å²) >= 11 is 0. The van der Waals surface area contributed by atoms with Gasteiger partial charge in [0.15, 0.2) is 0 Å². The van der Waals surface area contributed by atoms with Gasteiger partial charge in [-0.15, -0.1) is 0 Å². The van der Waals surface area contributed by atoms with E-state index in [0.717, 1.165) is 36.1 Å². The molecule has 0 unspecified atom stereocenters. The molecule has 2 heterocycles. The van der Waals surface area contributed by atoms with E-state index in [1.54, 1.807) is 19.4 Å². The lowest BCUT2D eigenvalue weighted by atomic mass is 9.93. The van der Waals surface area contributed by atoms with Crippen molar-refractivity contribution in [1.82, 2.24) is 19.7 Å². The van der Waals surface area contributed by atoms with Crippen LogP contribution in [0.25, 0.3) is 0 Å². The smallest absolute Gasteiger partial charge is 0.326 e. The highest BCUT2D eigenvalue weighted by Crippen LogP contribution is 2.26. The summed E-state index contributed by atoms with van der Waals surface area (Å²) in [6.07, 6.45) is 8.90. The highest BCUT2D eigenvalue weighted by molar-refractivity contribution is 6.05. The molecule has 1 saturated carbocycles. The van der Waals surface area contributed by atoms with Crippen LogP contribution in [-0.2, 0) is 16.1 Å². The van der Waals surface area contributed by atoms with Crippen LogP contribution in [0.2, 0.25) is 0 Å². The van der Waals surface area contributed by atoms with Gasteiger partial charge in [0, 0.05) is 39.1 Å². The maximum atomic E-state index is 13.1. The molecule has 1 aliphatic carbocycles.